The van der Waals surface area contributed by atoms with Crippen molar-refractivity contribution in [2.45, 2.75) is 63.6 Å². The lowest BCUT2D eigenvalue weighted by atomic mass is 9.99. The van der Waals surface area contributed by atoms with Crippen LogP contribution in [0.25, 0.3) is 0 Å². The van der Waals surface area contributed by atoms with Crippen LogP contribution >= 0.6 is 0 Å². The third kappa shape index (κ3) is 2.81. The smallest absolute Gasteiger partial charge is 0.108 e. The minimum Gasteiger partial charge on any atom is -0.302 e. The van der Waals surface area contributed by atoms with Crippen molar-refractivity contribution in [3.8, 4) is 6.07 Å². The van der Waals surface area contributed by atoms with Gasteiger partial charge in [0.05, 0.1) is 6.07 Å². The molecule has 3 heteroatoms. The first-order valence-electron chi connectivity index (χ1n) is 6.96. The Morgan fingerprint density at radius 2 is 2.06 bits per heavy atom. The maximum atomic E-state index is 9.32. The zero-order chi connectivity index (χ0) is 12.5. The van der Waals surface area contributed by atoms with Crippen LogP contribution in [0.5, 0.6) is 0 Å². The molecule has 1 N–H and O–H groups in total. The number of rotatable bonds is 5. The number of nitrogens with one attached hydrogen (secondary N) is 1. The molecule has 0 saturated heterocycles. The van der Waals surface area contributed by atoms with Crippen LogP contribution in [0.1, 0.15) is 46.0 Å². The van der Waals surface area contributed by atoms with Crippen LogP contribution in [-0.2, 0) is 0 Å². The Morgan fingerprint density at radius 3 is 2.47 bits per heavy atom. The normalized spacial score (nSPS) is 33.3. The van der Waals surface area contributed by atoms with E-state index in [0.29, 0.717) is 6.04 Å². The Hall–Kier alpha value is -0.590. The fourth-order valence-electron chi connectivity index (χ4n) is 3.11. The van der Waals surface area contributed by atoms with E-state index in [4.69, 9.17) is 0 Å². The highest BCUT2D eigenvalue weighted by Gasteiger charge is 2.44. The second-order valence-corrected chi connectivity index (χ2v) is 6.16. The van der Waals surface area contributed by atoms with E-state index in [1.54, 1.807) is 0 Å². The largest absolute Gasteiger partial charge is 0.302 e. The number of nitrogens with zero attached hydrogens (tertiary/aromatic N) is 2. The van der Waals surface area contributed by atoms with Crippen LogP contribution in [0.4, 0.5) is 0 Å². The van der Waals surface area contributed by atoms with Gasteiger partial charge in [0.25, 0.3) is 0 Å². The van der Waals surface area contributed by atoms with Gasteiger partial charge in [-0.05, 0) is 45.1 Å². The summed E-state index contributed by atoms with van der Waals surface area (Å²) < 4.78 is 0. The van der Waals surface area contributed by atoms with Crippen LogP contribution in [0.15, 0.2) is 0 Å². The van der Waals surface area contributed by atoms with E-state index >= 15 is 0 Å². The van der Waals surface area contributed by atoms with Gasteiger partial charge in [-0.3, -0.25) is 4.90 Å². The van der Waals surface area contributed by atoms with Crippen LogP contribution in [0.2, 0.25) is 0 Å². The van der Waals surface area contributed by atoms with Crippen molar-refractivity contribution in [1.29, 1.82) is 5.26 Å². The lowest BCUT2D eigenvalue weighted by Gasteiger charge is -2.31. The summed E-state index contributed by atoms with van der Waals surface area (Å²) in [6.07, 6.45) is 5.91. The molecule has 0 aliphatic heterocycles. The standard InChI is InChI=1S/C14H25N3/c1-11(2)9-17(12-4-5-12)13-6-7-14(8-13,10-15)16-3/h11-13,16H,4-9H2,1-3H3. The van der Waals surface area contributed by atoms with Crippen LogP contribution in [0, 0.1) is 17.2 Å². The average molecular weight is 235 g/mol. The molecule has 2 fully saturated rings. The van der Waals surface area contributed by atoms with E-state index < -0.39 is 0 Å². The van der Waals surface area contributed by atoms with Gasteiger partial charge in [0, 0.05) is 18.6 Å². The molecular weight excluding hydrogens is 210 g/mol. The molecule has 2 atom stereocenters. The van der Waals surface area contributed by atoms with Crippen molar-refractivity contribution in [3.05, 3.63) is 0 Å². The van der Waals surface area contributed by atoms with E-state index in [1.807, 2.05) is 7.05 Å². The van der Waals surface area contributed by atoms with Crippen molar-refractivity contribution in [1.82, 2.24) is 10.2 Å². The predicted octanol–water partition coefficient (Wildman–Crippen LogP) is 2.14. The maximum absolute atomic E-state index is 9.32. The Kier molecular flexibility index (Phi) is 3.75. The molecular formula is C14H25N3. The summed E-state index contributed by atoms with van der Waals surface area (Å²) in [4.78, 5) is 2.68. The Bertz CT molecular complexity index is 303. The lowest BCUT2D eigenvalue weighted by Crippen LogP contribution is -2.43. The first-order valence-corrected chi connectivity index (χ1v) is 6.96. The maximum Gasteiger partial charge on any atom is 0.108 e. The van der Waals surface area contributed by atoms with Crippen LogP contribution in [-0.4, -0.2) is 36.1 Å². The highest BCUT2D eigenvalue weighted by atomic mass is 15.2. The Labute approximate surface area is 105 Å². The monoisotopic (exact) mass is 235 g/mol. The van der Waals surface area contributed by atoms with E-state index in [-0.39, 0.29) is 5.54 Å². The molecule has 3 nitrogen and oxygen atoms in total. The van der Waals surface area contributed by atoms with Crippen molar-refractivity contribution in [3.63, 3.8) is 0 Å². The highest BCUT2D eigenvalue weighted by molar-refractivity contribution is 5.13. The molecule has 2 aliphatic carbocycles. The van der Waals surface area contributed by atoms with Crippen LogP contribution in [0.3, 0.4) is 0 Å². The molecule has 0 amide bonds. The minimum atomic E-state index is -0.255. The van der Waals surface area contributed by atoms with E-state index in [1.165, 1.54) is 25.8 Å². The van der Waals surface area contributed by atoms with Gasteiger partial charge in [-0.1, -0.05) is 13.8 Å². The molecule has 2 saturated carbocycles. The summed E-state index contributed by atoms with van der Waals surface area (Å²) in [5.74, 6) is 0.724. The highest BCUT2D eigenvalue weighted by Crippen LogP contribution is 2.38. The van der Waals surface area contributed by atoms with Gasteiger partial charge in [0.1, 0.15) is 5.54 Å². The first-order chi connectivity index (χ1) is 8.10. The second kappa shape index (κ2) is 4.96. The molecule has 96 valence electrons. The van der Waals surface area contributed by atoms with E-state index in [9.17, 15) is 5.26 Å². The van der Waals surface area contributed by atoms with Crippen molar-refractivity contribution >= 4 is 0 Å². The fourth-order valence-corrected chi connectivity index (χ4v) is 3.11. The van der Waals surface area contributed by atoms with E-state index in [0.717, 1.165) is 24.8 Å². The average Bonchev–Trinajstić information content (AvgIpc) is 3.06. The number of nitriles is 1. The van der Waals surface area contributed by atoms with Crippen molar-refractivity contribution in [2.75, 3.05) is 13.6 Å². The third-order valence-corrected chi connectivity index (χ3v) is 4.24. The molecule has 2 aliphatic rings. The minimum absolute atomic E-state index is 0.255. The zero-order valence-electron chi connectivity index (χ0n) is 11.4. The Morgan fingerprint density at radius 1 is 1.35 bits per heavy atom. The topological polar surface area (TPSA) is 39.1 Å². The summed E-state index contributed by atoms with van der Waals surface area (Å²) >= 11 is 0. The molecule has 2 unspecified atom stereocenters. The van der Waals surface area contributed by atoms with E-state index in [2.05, 4.69) is 30.1 Å². The molecule has 0 spiro atoms. The predicted molar refractivity (Wildman–Crippen MR) is 69.6 cm³/mol. The van der Waals surface area contributed by atoms with Gasteiger partial charge in [-0.15, -0.1) is 0 Å². The summed E-state index contributed by atoms with van der Waals surface area (Å²) in [7, 11) is 1.93. The molecule has 0 bridgehead atoms. The summed E-state index contributed by atoms with van der Waals surface area (Å²) in [6.45, 7) is 5.78. The number of hydrogen-bond acceptors (Lipinski definition) is 3. The van der Waals surface area contributed by atoms with Crippen LogP contribution < -0.4 is 5.32 Å². The van der Waals surface area contributed by atoms with Gasteiger partial charge >= 0.3 is 0 Å². The zero-order valence-corrected chi connectivity index (χ0v) is 11.4. The van der Waals surface area contributed by atoms with Gasteiger partial charge in [-0.2, -0.15) is 5.26 Å². The van der Waals surface area contributed by atoms with Crippen molar-refractivity contribution in [2.24, 2.45) is 5.92 Å². The molecule has 0 aromatic carbocycles. The fraction of sp³-hybridized carbons (Fsp3) is 0.929. The molecule has 2 rings (SSSR count). The summed E-state index contributed by atoms with van der Waals surface area (Å²) in [5, 5.41) is 12.6. The molecule has 0 radical (unpaired) electrons. The summed E-state index contributed by atoms with van der Waals surface area (Å²) in [6, 6.07) is 3.92. The number of hydrogen-bond donors (Lipinski definition) is 1. The molecule has 0 heterocycles. The SMILES string of the molecule is CNC1(C#N)CCC(N(CC(C)C)C2CC2)C1. The molecule has 17 heavy (non-hydrogen) atoms. The molecule has 0 aromatic heterocycles. The quantitative estimate of drug-likeness (QED) is 0.793. The van der Waals surface area contributed by atoms with Crippen molar-refractivity contribution < 1.29 is 0 Å². The Balaban J connectivity index is 1.99. The first kappa shape index (κ1) is 12.9. The molecule has 0 aromatic rings. The second-order valence-electron chi connectivity index (χ2n) is 6.16. The van der Waals surface area contributed by atoms with Gasteiger partial charge in [-0.25, -0.2) is 0 Å². The van der Waals surface area contributed by atoms with Gasteiger partial charge in [0.15, 0.2) is 0 Å². The lowest BCUT2D eigenvalue weighted by molar-refractivity contribution is 0.163. The third-order valence-electron chi connectivity index (χ3n) is 4.24. The summed E-state index contributed by atoms with van der Waals surface area (Å²) in [5.41, 5.74) is -0.255. The van der Waals surface area contributed by atoms with Gasteiger partial charge < -0.3 is 5.32 Å². The van der Waals surface area contributed by atoms with Gasteiger partial charge in [0.2, 0.25) is 0 Å².